The van der Waals surface area contributed by atoms with Crippen LogP contribution in [-0.4, -0.2) is 0 Å². The summed E-state index contributed by atoms with van der Waals surface area (Å²) in [4.78, 5) is 0. The Morgan fingerprint density at radius 3 is 2.71 bits per heavy atom. The summed E-state index contributed by atoms with van der Waals surface area (Å²) in [5.41, 5.74) is 10.2. The van der Waals surface area contributed by atoms with Gasteiger partial charge in [-0.2, -0.15) is 0 Å². The van der Waals surface area contributed by atoms with Gasteiger partial charge in [-0.25, -0.2) is 0 Å². The molecule has 0 aliphatic rings. The summed E-state index contributed by atoms with van der Waals surface area (Å²) in [6.45, 7) is 2.90. The molecule has 2 aromatic carbocycles. The maximum Gasteiger partial charge on any atom is 0.0587 e. The number of rotatable bonds is 3. The van der Waals surface area contributed by atoms with Crippen LogP contribution in [-0.2, 0) is 6.54 Å². The van der Waals surface area contributed by atoms with E-state index in [4.69, 9.17) is 5.73 Å². The number of hydrogen-bond acceptors (Lipinski definition) is 2. The molecule has 3 N–H and O–H groups in total. The van der Waals surface area contributed by atoms with Crippen LogP contribution in [0.25, 0.3) is 0 Å². The molecule has 0 saturated heterocycles. The van der Waals surface area contributed by atoms with Crippen LogP contribution in [0.1, 0.15) is 11.1 Å². The first-order chi connectivity index (χ1) is 8.16. The first-order valence-corrected chi connectivity index (χ1v) is 6.29. The summed E-state index contributed by atoms with van der Waals surface area (Å²) in [6.07, 6.45) is 0. The van der Waals surface area contributed by atoms with Gasteiger partial charge in [0.25, 0.3) is 0 Å². The Labute approximate surface area is 110 Å². The second-order valence-corrected chi connectivity index (χ2v) is 4.93. The third-order valence-corrected chi connectivity index (χ3v) is 3.24. The smallest absolute Gasteiger partial charge is 0.0587 e. The summed E-state index contributed by atoms with van der Waals surface area (Å²) in [5, 5.41) is 3.36. The van der Waals surface area contributed by atoms with Gasteiger partial charge in [0.15, 0.2) is 0 Å². The van der Waals surface area contributed by atoms with Crippen molar-refractivity contribution in [3.8, 4) is 0 Å². The van der Waals surface area contributed by atoms with Crippen LogP contribution < -0.4 is 11.1 Å². The molecule has 3 heteroatoms. The van der Waals surface area contributed by atoms with Gasteiger partial charge in [0, 0.05) is 11.0 Å². The monoisotopic (exact) mass is 290 g/mol. The lowest BCUT2D eigenvalue weighted by molar-refractivity contribution is 1.12. The lowest BCUT2D eigenvalue weighted by atomic mass is 10.1. The molecule has 0 fully saturated rings. The molecule has 88 valence electrons. The van der Waals surface area contributed by atoms with Gasteiger partial charge in [0.2, 0.25) is 0 Å². The van der Waals surface area contributed by atoms with Gasteiger partial charge >= 0.3 is 0 Å². The number of halogens is 1. The summed E-state index contributed by atoms with van der Waals surface area (Å²) in [5.74, 6) is 0. The molecule has 0 radical (unpaired) electrons. The number of anilines is 2. The number of hydrogen-bond donors (Lipinski definition) is 2. The first-order valence-electron chi connectivity index (χ1n) is 5.50. The fourth-order valence-corrected chi connectivity index (χ4v) is 2.04. The molecule has 17 heavy (non-hydrogen) atoms. The molecule has 0 unspecified atom stereocenters. The van der Waals surface area contributed by atoms with Crippen molar-refractivity contribution in [2.75, 3.05) is 11.1 Å². The van der Waals surface area contributed by atoms with E-state index in [0.29, 0.717) is 0 Å². The molecule has 0 heterocycles. The zero-order valence-electron chi connectivity index (χ0n) is 9.70. The summed E-state index contributed by atoms with van der Waals surface area (Å²) >= 11 is 3.44. The zero-order chi connectivity index (χ0) is 12.3. The molecule has 0 amide bonds. The molecule has 0 atom stereocenters. The Bertz CT molecular complexity index is 523. The van der Waals surface area contributed by atoms with Crippen molar-refractivity contribution in [2.45, 2.75) is 13.5 Å². The van der Waals surface area contributed by atoms with Gasteiger partial charge < -0.3 is 11.1 Å². The van der Waals surface area contributed by atoms with Gasteiger partial charge in [-0.3, -0.25) is 0 Å². The molecule has 0 saturated carbocycles. The quantitative estimate of drug-likeness (QED) is 0.840. The third-order valence-electron chi connectivity index (χ3n) is 2.75. The van der Waals surface area contributed by atoms with Crippen molar-refractivity contribution in [3.63, 3.8) is 0 Å². The second kappa shape index (κ2) is 5.23. The highest BCUT2D eigenvalue weighted by Gasteiger charge is 2.01. The van der Waals surface area contributed by atoms with Crippen LogP contribution >= 0.6 is 15.9 Å². The Morgan fingerprint density at radius 1 is 1.18 bits per heavy atom. The van der Waals surface area contributed by atoms with Crippen LogP contribution in [0.5, 0.6) is 0 Å². The molecule has 0 spiro atoms. The van der Waals surface area contributed by atoms with Crippen molar-refractivity contribution in [1.29, 1.82) is 0 Å². The predicted molar refractivity (Wildman–Crippen MR) is 77.1 cm³/mol. The van der Waals surface area contributed by atoms with Crippen LogP contribution in [0, 0.1) is 6.92 Å². The standard InChI is InChI=1S/C14H15BrN2/c1-10-4-2-3-5-11(10)9-17-14-8-12(15)6-7-13(14)16/h2-8,17H,9,16H2,1H3. The lowest BCUT2D eigenvalue weighted by Gasteiger charge is -2.11. The van der Waals surface area contributed by atoms with Crippen molar-refractivity contribution >= 4 is 27.3 Å². The van der Waals surface area contributed by atoms with E-state index in [1.54, 1.807) is 0 Å². The van der Waals surface area contributed by atoms with E-state index in [1.165, 1.54) is 11.1 Å². The molecule has 0 aliphatic carbocycles. The van der Waals surface area contributed by atoms with Crippen LogP contribution in [0.4, 0.5) is 11.4 Å². The third kappa shape index (κ3) is 3.01. The largest absolute Gasteiger partial charge is 0.397 e. The van der Waals surface area contributed by atoms with Gasteiger partial charge in [-0.05, 0) is 36.2 Å². The average Bonchev–Trinajstić information content (AvgIpc) is 2.32. The van der Waals surface area contributed by atoms with Crippen LogP contribution in [0.3, 0.4) is 0 Å². The minimum atomic E-state index is 0.766. The molecule has 2 aromatic rings. The number of nitrogens with two attached hydrogens (primary N) is 1. The minimum Gasteiger partial charge on any atom is -0.397 e. The first kappa shape index (κ1) is 12.0. The number of nitrogen functional groups attached to an aromatic ring is 1. The minimum absolute atomic E-state index is 0.766. The SMILES string of the molecule is Cc1ccccc1CNc1cc(Br)ccc1N. The molecule has 0 aromatic heterocycles. The van der Waals surface area contributed by atoms with Crippen molar-refractivity contribution in [3.05, 3.63) is 58.1 Å². The maximum absolute atomic E-state index is 5.91. The van der Waals surface area contributed by atoms with E-state index in [2.05, 4.69) is 40.3 Å². The fourth-order valence-electron chi connectivity index (χ4n) is 1.68. The van der Waals surface area contributed by atoms with Gasteiger partial charge in [0.1, 0.15) is 0 Å². The molecule has 2 nitrogen and oxygen atoms in total. The molecule has 0 bridgehead atoms. The summed E-state index contributed by atoms with van der Waals surface area (Å²) in [7, 11) is 0. The normalized spacial score (nSPS) is 10.2. The van der Waals surface area contributed by atoms with Crippen LogP contribution in [0.2, 0.25) is 0 Å². The van der Waals surface area contributed by atoms with E-state index >= 15 is 0 Å². The average molecular weight is 291 g/mol. The molecule has 2 rings (SSSR count). The summed E-state index contributed by atoms with van der Waals surface area (Å²) < 4.78 is 1.03. The summed E-state index contributed by atoms with van der Waals surface area (Å²) in [6, 6.07) is 14.2. The Balaban J connectivity index is 2.12. The van der Waals surface area contributed by atoms with Crippen molar-refractivity contribution in [1.82, 2.24) is 0 Å². The van der Waals surface area contributed by atoms with E-state index in [0.717, 1.165) is 22.4 Å². The number of benzene rings is 2. The fraction of sp³-hybridized carbons (Fsp3) is 0.143. The predicted octanol–water partition coefficient (Wildman–Crippen LogP) is 3.95. The molecular weight excluding hydrogens is 276 g/mol. The van der Waals surface area contributed by atoms with Crippen molar-refractivity contribution in [2.24, 2.45) is 0 Å². The van der Waals surface area contributed by atoms with Gasteiger partial charge in [0.05, 0.1) is 11.4 Å². The van der Waals surface area contributed by atoms with E-state index in [1.807, 2.05) is 30.3 Å². The zero-order valence-corrected chi connectivity index (χ0v) is 11.3. The Morgan fingerprint density at radius 2 is 1.94 bits per heavy atom. The second-order valence-electron chi connectivity index (χ2n) is 4.01. The highest BCUT2D eigenvalue weighted by atomic mass is 79.9. The topological polar surface area (TPSA) is 38.0 Å². The van der Waals surface area contributed by atoms with E-state index < -0.39 is 0 Å². The highest BCUT2D eigenvalue weighted by molar-refractivity contribution is 9.10. The molecular formula is C14H15BrN2. The maximum atomic E-state index is 5.91. The van der Waals surface area contributed by atoms with E-state index in [9.17, 15) is 0 Å². The Hall–Kier alpha value is -1.48. The van der Waals surface area contributed by atoms with Gasteiger partial charge in [-0.1, -0.05) is 40.2 Å². The highest BCUT2D eigenvalue weighted by Crippen LogP contribution is 2.24. The van der Waals surface area contributed by atoms with Crippen molar-refractivity contribution < 1.29 is 0 Å². The van der Waals surface area contributed by atoms with E-state index in [-0.39, 0.29) is 0 Å². The number of aryl methyl sites for hydroxylation is 1. The van der Waals surface area contributed by atoms with Gasteiger partial charge in [-0.15, -0.1) is 0 Å². The number of nitrogens with one attached hydrogen (secondary N) is 1. The lowest BCUT2D eigenvalue weighted by Crippen LogP contribution is -2.03. The Kier molecular flexibility index (Phi) is 3.69. The van der Waals surface area contributed by atoms with Crippen LogP contribution in [0.15, 0.2) is 46.9 Å². The molecule has 0 aliphatic heterocycles.